The second-order valence-electron chi connectivity index (χ2n) is 13.9. The summed E-state index contributed by atoms with van der Waals surface area (Å²) in [6.07, 6.45) is 11.4. The van der Waals surface area contributed by atoms with Gasteiger partial charge in [-0.3, -0.25) is 0 Å². The van der Waals surface area contributed by atoms with E-state index >= 15 is 0 Å². The van der Waals surface area contributed by atoms with E-state index < -0.39 is 0 Å². The smallest absolute Gasteiger partial charge is 0.159 e. The van der Waals surface area contributed by atoms with E-state index in [1.54, 1.807) is 0 Å². The highest BCUT2D eigenvalue weighted by Crippen LogP contribution is 2.41. The van der Waals surface area contributed by atoms with E-state index in [4.69, 9.17) is 4.42 Å². The molecular formula is C48H34N2O. The van der Waals surface area contributed by atoms with Crippen LogP contribution in [0.3, 0.4) is 0 Å². The van der Waals surface area contributed by atoms with Crippen LogP contribution in [0.1, 0.15) is 36.1 Å². The molecule has 2 aliphatic rings. The number of furan rings is 1. The summed E-state index contributed by atoms with van der Waals surface area (Å²) in [4.78, 5) is 0. The fourth-order valence-corrected chi connectivity index (χ4v) is 8.77. The topological polar surface area (TPSA) is 23.0 Å². The summed E-state index contributed by atoms with van der Waals surface area (Å²) in [6.45, 7) is 0. The highest BCUT2D eigenvalue weighted by Gasteiger charge is 2.24. The van der Waals surface area contributed by atoms with Gasteiger partial charge in [-0.25, -0.2) is 0 Å². The lowest BCUT2D eigenvalue weighted by Crippen LogP contribution is -2.30. The molecule has 0 atom stereocenters. The maximum absolute atomic E-state index is 6.54. The van der Waals surface area contributed by atoms with Crippen LogP contribution in [-0.4, -0.2) is 9.13 Å². The van der Waals surface area contributed by atoms with E-state index in [9.17, 15) is 0 Å². The average molecular weight is 655 g/mol. The third-order valence-electron chi connectivity index (χ3n) is 11.1. The van der Waals surface area contributed by atoms with Crippen LogP contribution in [0.2, 0.25) is 0 Å². The molecule has 0 saturated carbocycles. The van der Waals surface area contributed by atoms with Crippen LogP contribution in [0.5, 0.6) is 0 Å². The summed E-state index contributed by atoms with van der Waals surface area (Å²) in [7, 11) is 0. The SMILES string of the molecule is C1=C(c2ccc3c(c2)c2c(n3-c3cccc(-c4ccccc4)c3)=CCCC=2)CCc2c1c1ccccc1n2-c1cccc2c1oc1ccccc12. The van der Waals surface area contributed by atoms with Gasteiger partial charge in [0.15, 0.2) is 5.58 Å². The summed E-state index contributed by atoms with van der Waals surface area (Å²) >= 11 is 0. The van der Waals surface area contributed by atoms with E-state index in [2.05, 4.69) is 161 Å². The first-order valence-electron chi connectivity index (χ1n) is 18.0. The van der Waals surface area contributed by atoms with Gasteiger partial charge >= 0.3 is 0 Å². The van der Waals surface area contributed by atoms with Gasteiger partial charge < -0.3 is 13.6 Å². The van der Waals surface area contributed by atoms with Crippen molar-refractivity contribution in [3.8, 4) is 22.5 Å². The number of rotatable bonds is 4. The minimum Gasteiger partial charge on any atom is -0.454 e. The first kappa shape index (κ1) is 28.5. The Bertz CT molecular complexity index is 3020. The normalized spacial score (nSPS) is 14.0. The zero-order chi connectivity index (χ0) is 33.5. The van der Waals surface area contributed by atoms with Gasteiger partial charge in [0.1, 0.15) is 5.58 Å². The Kier molecular flexibility index (Phi) is 6.20. The molecule has 242 valence electrons. The molecule has 0 radical (unpaired) electrons. The number of fused-ring (bicyclic) bond motifs is 9. The summed E-state index contributed by atoms with van der Waals surface area (Å²) in [5.41, 5.74) is 14.5. The van der Waals surface area contributed by atoms with E-state index in [0.29, 0.717) is 0 Å². The van der Waals surface area contributed by atoms with Gasteiger partial charge in [-0.15, -0.1) is 0 Å². The Morgan fingerprint density at radius 3 is 2.22 bits per heavy atom. The summed E-state index contributed by atoms with van der Waals surface area (Å²) in [5.74, 6) is 0. The van der Waals surface area contributed by atoms with Crippen molar-refractivity contribution in [2.75, 3.05) is 0 Å². The quantitative estimate of drug-likeness (QED) is 0.185. The van der Waals surface area contributed by atoms with E-state index in [-0.39, 0.29) is 0 Å². The van der Waals surface area contributed by atoms with Gasteiger partial charge in [-0.05, 0) is 96.5 Å². The van der Waals surface area contributed by atoms with Crippen LogP contribution in [0.15, 0.2) is 144 Å². The Balaban J connectivity index is 1.07. The summed E-state index contributed by atoms with van der Waals surface area (Å²) in [5, 5.41) is 7.59. The van der Waals surface area contributed by atoms with Crippen LogP contribution in [0.25, 0.3) is 90.0 Å². The number of aromatic nitrogens is 2. The zero-order valence-electron chi connectivity index (χ0n) is 28.1. The Morgan fingerprint density at radius 1 is 0.510 bits per heavy atom. The van der Waals surface area contributed by atoms with E-state index in [0.717, 1.165) is 53.3 Å². The molecule has 0 N–H and O–H groups in total. The monoisotopic (exact) mass is 654 g/mol. The molecule has 2 aliphatic carbocycles. The molecular weight excluding hydrogens is 621 g/mol. The second kappa shape index (κ2) is 11.1. The lowest BCUT2D eigenvalue weighted by molar-refractivity contribution is 0.665. The summed E-state index contributed by atoms with van der Waals surface area (Å²) < 4.78 is 11.5. The largest absolute Gasteiger partial charge is 0.454 e. The maximum atomic E-state index is 6.54. The Hall–Kier alpha value is -6.32. The minimum atomic E-state index is 0.928. The van der Waals surface area contributed by atoms with Crippen molar-refractivity contribution >= 4 is 67.5 Å². The standard InChI is InChI=1S/C48H34N2O/c1-2-12-31(13-3-1)32-14-10-15-35(28-32)49-42-20-7-4-16-36(42)40-29-33(24-26-44(40)49)34-25-27-45-41(30-34)37-17-5-8-21-43(37)50(45)46-22-11-19-39-38-18-6-9-23-47(38)51-48(39)46/h1-3,5-6,8-24,26,28-30H,4,7,25,27H2. The van der Waals surface area contributed by atoms with Crippen molar-refractivity contribution < 1.29 is 4.42 Å². The molecule has 51 heavy (non-hydrogen) atoms. The zero-order valence-corrected chi connectivity index (χ0v) is 28.1. The average Bonchev–Trinajstić information content (AvgIpc) is 3.86. The van der Waals surface area contributed by atoms with Gasteiger partial charge in [0.25, 0.3) is 0 Å². The number of hydrogen-bond donors (Lipinski definition) is 0. The molecule has 9 aromatic rings. The number of benzene rings is 6. The molecule has 0 amide bonds. The molecule has 0 fully saturated rings. The molecule has 0 saturated heterocycles. The molecule has 0 unspecified atom stereocenters. The minimum absolute atomic E-state index is 0.928. The first-order valence-corrected chi connectivity index (χ1v) is 18.0. The van der Waals surface area contributed by atoms with Gasteiger partial charge in [-0.1, -0.05) is 109 Å². The third kappa shape index (κ3) is 4.31. The van der Waals surface area contributed by atoms with Crippen LogP contribution >= 0.6 is 0 Å². The lowest BCUT2D eigenvalue weighted by Gasteiger charge is -2.18. The molecule has 3 heterocycles. The summed E-state index contributed by atoms with van der Waals surface area (Å²) in [6, 6.07) is 50.6. The van der Waals surface area contributed by atoms with E-state index in [1.165, 1.54) is 71.6 Å². The number of allylic oxidation sites excluding steroid dienone is 1. The molecule has 0 bridgehead atoms. The fourth-order valence-electron chi connectivity index (χ4n) is 8.77. The van der Waals surface area contributed by atoms with Crippen molar-refractivity contribution in [2.24, 2.45) is 0 Å². The highest BCUT2D eigenvalue weighted by atomic mass is 16.3. The molecule has 11 rings (SSSR count). The maximum Gasteiger partial charge on any atom is 0.159 e. The van der Waals surface area contributed by atoms with Gasteiger partial charge in [-0.2, -0.15) is 0 Å². The number of hydrogen-bond acceptors (Lipinski definition) is 1. The van der Waals surface area contributed by atoms with Gasteiger partial charge in [0.2, 0.25) is 0 Å². The molecule has 3 nitrogen and oxygen atoms in total. The second-order valence-corrected chi connectivity index (χ2v) is 13.9. The van der Waals surface area contributed by atoms with Crippen molar-refractivity contribution in [1.82, 2.24) is 9.13 Å². The molecule has 0 aliphatic heterocycles. The fraction of sp³-hybridized carbons (Fsp3) is 0.0833. The van der Waals surface area contributed by atoms with Crippen LogP contribution < -0.4 is 10.6 Å². The van der Waals surface area contributed by atoms with Crippen molar-refractivity contribution in [3.05, 3.63) is 167 Å². The van der Waals surface area contributed by atoms with Gasteiger partial charge in [0, 0.05) is 49.1 Å². The Morgan fingerprint density at radius 2 is 1.27 bits per heavy atom. The number of para-hydroxylation sites is 3. The van der Waals surface area contributed by atoms with Crippen molar-refractivity contribution in [1.29, 1.82) is 0 Å². The van der Waals surface area contributed by atoms with Crippen molar-refractivity contribution in [2.45, 2.75) is 25.7 Å². The predicted molar refractivity (Wildman–Crippen MR) is 213 cm³/mol. The molecule has 6 aromatic carbocycles. The first-order chi connectivity index (χ1) is 25.3. The molecule has 3 aromatic heterocycles. The van der Waals surface area contributed by atoms with Crippen molar-refractivity contribution in [3.63, 3.8) is 0 Å². The predicted octanol–water partition coefficient (Wildman–Crippen LogP) is 11.0. The van der Waals surface area contributed by atoms with Gasteiger partial charge in [0.05, 0.1) is 16.7 Å². The molecule has 3 heteroatoms. The number of nitrogens with zero attached hydrogens (tertiary/aromatic N) is 2. The van der Waals surface area contributed by atoms with Crippen LogP contribution in [0, 0.1) is 0 Å². The highest BCUT2D eigenvalue weighted by molar-refractivity contribution is 6.08. The molecule has 0 spiro atoms. The Labute approximate surface area is 295 Å². The van der Waals surface area contributed by atoms with Crippen LogP contribution in [0.4, 0.5) is 0 Å². The van der Waals surface area contributed by atoms with Crippen LogP contribution in [-0.2, 0) is 6.42 Å². The van der Waals surface area contributed by atoms with E-state index in [1.807, 2.05) is 6.07 Å². The third-order valence-corrected chi connectivity index (χ3v) is 11.1. The lowest BCUT2D eigenvalue weighted by atomic mass is 9.90.